The predicted octanol–water partition coefficient (Wildman–Crippen LogP) is 3.50. The first-order valence-corrected chi connectivity index (χ1v) is 8.39. The number of para-hydroxylation sites is 1. The Bertz CT molecular complexity index is 697. The molecule has 0 spiro atoms. The number of benzene rings is 2. The van der Waals surface area contributed by atoms with E-state index in [2.05, 4.69) is 0 Å². The second-order valence-electron chi connectivity index (χ2n) is 6.60. The third-order valence-electron chi connectivity index (χ3n) is 3.94. The number of nitrogens with zero attached hydrogens (tertiary/aromatic N) is 1. The SMILES string of the molecule is CC1(C)CN(C(=O)COc2ccc(Oc3ccccc3)cc2)CCO1. The molecule has 2 aromatic carbocycles. The summed E-state index contributed by atoms with van der Waals surface area (Å²) in [5.74, 6) is 2.11. The summed E-state index contributed by atoms with van der Waals surface area (Å²) in [7, 11) is 0. The van der Waals surface area contributed by atoms with E-state index in [1.54, 1.807) is 17.0 Å². The molecule has 0 saturated carbocycles. The fraction of sp³-hybridized carbons (Fsp3) is 0.350. The van der Waals surface area contributed by atoms with Crippen LogP contribution < -0.4 is 9.47 Å². The number of morpholine rings is 1. The van der Waals surface area contributed by atoms with E-state index in [4.69, 9.17) is 14.2 Å². The Morgan fingerprint density at radius 1 is 1.04 bits per heavy atom. The van der Waals surface area contributed by atoms with Crippen LogP contribution in [0.25, 0.3) is 0 Å². The predicted molar refractivity (Wildman–Crippen MR) is 95.1 cm³/mol. The monoisotopic (exact) mass is 341 g/mol. The molecular formula is C20H23NO4. The van der Waals surface area contributed by atoms with Crippen LogP contribution in [-0.2, 0) is 9.53 Å². The van der Waals surface area contributed by atoms with E-state index >= 15 is 0 Å². The van der Waals surface area contributed by atoms with Gasteiger partial charge in [-0.2, -0.15) is 0 Å². The summed E-state index contributed by atoms with van der Waals surface area (Å²) in [5, 5.41) is 0. The number of hydrogen-bond acceptors (Lipinski definition) is 4. The topological polar surface area (TPSA) is 48.0 Å². The zero-order valence-corrected chi connectivity index (χ0v) is 14.6. The van der Waals surface area contributed by atoms with E-state index < -0.39 is 0 Å². The fourth-order valence-electron chi connectivity index (χ4n) is 2.69. The Kier molecular flexibility index (Phi) is 5.24. The minimum atomic E-state index is -0.301. The van der Waals surface area contributed by atoms with Crippen LogP contribution in [0.4, 0.5) is 0 Å². The van der Waals surface area contributed by atoms with Crippen molar-refractivity contribution in [3.05, 3.63) is 54.6 Å². The van der Waals surface area contributed by atoms with Crippen molar-refractivity contribution in [1.82, 2.24) is 4.90 Å². The van der Waals surface area contributed by atoms with Gasteiger partial charge in [0.25, 0.3) is 5.91 Å². The van der Waals surface area contributed by atoms with Gasteiger partial charge in [-0.25, -0.2) is 0 Å². The third kappa shape index (κ3) is 4.97. The summed E-state index contributed by atoms with van der Waals surface area (Å²) in [5.41, 5.74) is -0.301. The summed E-state index contributed by atoms with van der Waals surface area (Å²) in [4.78, 5) is 14.1. The zero-order valence-electron chi connectivity index (χ0n) is 14.6. The number of carbonyl (C=O) groups is 1. The summed E-state index contributed by atoms with van der Waals surface area (Å²) in [6.07, 6.45) is 0. The highest BCUT2D eigenvalue weighted by Gasteiger charge is 2.29. The maximum Gasteiger partial charge on any atom is 0.260 e. The molecule has 0 N–H and O–H groups in total. The van der Waals surface area contributed by atoms with Crippen LogP contribution in [0.1, 0.15) is 13.8 Å². The average Bonchev–Trinajstić information content (AvgIpc) is 2.61. The van der Waals surface area contributed by atoms with E-state index in [9.17, 15) is 4.79 Å². The first kappa shape index (κ1) is 17.3. The molecule has 0 atom stereocenters. The van der Waals surface area contributed by atoms with Gasteiger partial charge < -0.3 is 19.1 Å². The zero-order chi connectivity index (χ0) is 17.7. The number of ether oxygens (including phenoxy) is 3. The van der Waals surface area contributed by atoms with Gasteiger partial charge in [0.05, 0.1) is 12.2 Å². The first-order valence-electron chi connectivity index (χ1n) is 8.39. The van der Waals surface area contributed by atoms with Gasteiger partial charge in [0.15, 0.2) is 6.61 Å². The first-order chi connectivity index (χ1) is 12.0. The highest BCUT2D eigenvalue weighted by molar-refractivity contribution is 5.78. The lowest BCUT2D eigenvalue weighted by Crippen LogP contribution is -2.51. The van der Waals surface area contributed by atoms with Crippen molar-refractivity contribution in [3.63, 3.8) is 0 Å². The number of amides is 1. The number of carbonyl (C=O) groups excluding carboxylic acids is 1. The molecule has 2 aromatic rings. The van der Waals surface area contributed by atoms with Crippen LogP contribution in [0.3, 0.4) is 0 Å². The highest BCUT2D eigenvalue weighted by Crippen LogP contribution is 2.23. The molecule has 0 unspecified atom stereocenters. The molecule has 0 aromatic heterocycles. The van der Waals surface area contributed by atoms with E-state index in [1.807, 2.05) is 56.3 Å². The molecule has 1 aliphatic rings. The summed E-state index contributed by atoms with van der Waals surface area (Å²) in [6.45, 7) is 5.74. The minimum absolute atomic E-state index is 0.0228. The lowest BCUT2D eigenvalue weighted by molar-refractivity contribution is -0.147. The molecule has 0 aliphatic carbocycles. The van der Waals surface area contributed by atoms with Crippen LogP contribution in [-0.4, -0.2) is 42.7 Å². The largest absolute Gasteiger partial charge is 0.484 e. The van der Waals surface area contributed by atoms with Gasteiger partial charge in [-0.05, 0) is 50.2 Å². The Labute approximate surface area is 148 Å². The fourth-order valence-corrected chi connectivity index (χ4v) is 2.69. The molecule has 0 radical (unpaired) electrons. The molecule has 25 heavy (non-hydrogen) atoms. The second-order valence-corrected chi connectivity index (χ2v) is 6.60. The van der Waals surface area contributed by atoms with Crippen LogP contribution in [0, 0.1) is 0 Å². The molecule has 5 heteroatoms. The van der Waals surface area contributed by atoms with Crippen LogP contribution >= 0.6 is 0 Å². The summed E-state index contributed by atoms with van der Waals surface area (Å²) >= 11 is 0. The van der Waals surface area contributed by atoms with Gasteiger partial charge in [-0.15, -0.1) is 0 Å². The molecular weight excluding hydrogens is 318 g/mol. The number of hydrogen-bond donors (Lipinski definition) is 0. The summed E-state index contributed by atoms with van der Waals surface area (Å²) in [6, 6.07) is 16.8. The standard InChI is InChI=1S/C20H23NO4/c1-20(2)15-21(12-13-24-20)19(22)14-23-16-8-10-18(11-9-16)25-17-6-4-3-5-7-17/h3-11H,12-15H2,1-2H3. The maximum atomic E-state index is 12.3. The smallest absolute Gasteiger partial charge is 0.260 e. The maximum absolute atomic E-state index is 12.3. The molecule has 0 bridgehead atoms. The quantitative estimate of drug-likeness (QED) is 0.835. The Morgan fingerprint density at radius 2 is 1.68 bits per heavy atom. The van der Waals surface area contributed by atoms with E-state index in [-0.39, 0.29) is 18.1 Å². The molecule has 3 rings (SSSR count). The Hall–Kier alpha value is -2.53. The molecule has 1 aliphatic heterocycles. The van der Waals surface area contributed by atoms with Crippen molar-refractivity contribution in [3.8, 4) is 17.2 Å². The Morgan fingerprint density at radius 3 is 2.36 bits per heavy atom. The Balaban J connectivity index is 1.51. The van der Waals surface area contributed by atoms with Crippen molar-refractivity contribution < 1.29 is 19.0 Å². The van der Waals surface area contributed by atoms with Crippen LogP contribution in [0.15, 0.2) is 54.6 Å². The van der Waals surface area contributed by atoms with Gasteiger partial charge >= 0.3 is 0 Å². The van der Waals surface area contributed by atoms with Gasteiger partial charge in [0, 0.05) is 13.1 Å². The second kappa shape index (κ2) is 7.57. The number of rotatable bonds is 5. The van der Waals surface area contributed by atoms with Crippen molar-refractivity contribution in [2.45, 2.75) is 19.4 Å². The van der Waals surface area contributed by atoms with Crippen molar-refractivity contribution >= 4 is 5.91 Å². The third-order valence-corrected chi connectivity index (χ3v) is 3.94. The molecule has 1 amide bonds. The lowest BCUT2D eigenvalue weighted by atomic mass is 10.1. The van der Waals surface area contributed by atoms with Gasteiger partial charge in [-0.3, -0.25) is 4.79 Å². The van der Waals surface area contributed by atoms with E-state index in [1.165, 1.54) is 0 Å². The minimum Gasteiger partial charge on any atom is -0.484 e. The molecule has 1 heterocycles. The average molecular weight is 341 g/mol. The van der Waals surface area contributed by atoms with E-state index in [0.717, 1.165) is 11.5 Å². The van der Waals surface area contributed by atoms with Crippen LogP contribution in [0.5, 0.6) is 17.2 Å². The molecule has 1 saturated heterocycles. The molecule has 132 valence electrons. The van der Waals surface area contributed by atoms with Crippen molar-refractivity contribution in [2.24, 2.45) is 0 Å². The van der Waals surface area contributed by atoms with Gasteiger partial charge in [0.1, 0.15) is 17.2 Å². The van der Waals surface area contributed by atoms with Gasteiger partial charge in [0.2, 0.25) is 0 Å². The molecule has 5 nitrogen and oxygen atoms in total. The normalized spacial score (nSPS) is 16.3. The summed E-state index contributed by atoms with van der Waals surface area (Å²) < 4.78 is 17.0. The highest BCUT2D eigenvalue weighted by atomic mass is 16.5. The van der Waals surface area contributed by atoms with Crippen molar-refractivity contribution in [1.29, 1.82) is 0 Å². The van der Waals surface area contributed by atoms with Gasteiger partial charge in [-0.1, -0.05) is 18.2 Å². The molecule has 1 fully saturated rings. The van der Waals surface area contributed by atoms with E-state index in [0.29, 0.717) is 25.4 Å². The lowest BCUT2D eigenvalue weighted by Gasteiger charge is -2.38. The van der Waals surface area contributed by atoms with Crippen LogP contribution in [0.2, 0.25) is 0 Å². The van der Waals surface area contributed by atoms with Crippen molar-refractivity contribution in [2.75, 3.05) is 26.3 Å².